The molecule has 0 fully saturated rings. The Labute approximate surface area is 340 Å². The molecule has 0 amide bonds. The number of aromatic nitrogens is 1. The Balaban J connectivity index is 0.937. The van der Waals surface area contributed by atoms with Crippen LogP contribution in [0.4, 0.5) is 11.4 Å². The van der Waals surface area contributed by atoms with Gasteiger partial charge in [0.1, 0.15) is 5.58 Å². The highest BCUT2D eigenvalue weighted by Crippen LogP contribution is 2.46. The van der Waals surface area contributed by atoms with Crippen LogP contribution in [-0.2, 0) is 0 Å². The third-order valence-electron chi connectivity index (χ3n) is 12.3. The van der Waals surface area contributed by atoms with E-state index in [0.29, 0.717) is 5.92 Å². The van der Waals surface area contributed by atoms with Crippen molar-refractivity contribution in [2.75, 3.05) is 4.90 Å². The number of rotatable bonds is 6. The van der Waals surface area contributed by atoms with E-state index in [1.54, 1.807) is 0 Å². The Kier molecular flexibility index (Phi) is 7.67. The van der Waals surface area contributed by atoms with E-state index in [0.717, 1.165) is 51.8 Å². The molecule has 10 aromatic rings. The van der Waals surface area contributed by atoms with Gasteiger partial charge in [-0.2, -0.15) is 0 Å². The topological polar surface area (TPSA) is 21.3 Å². The van der Waals surface area contributed by atoms with Gasteiger partial charge in [-0.1, -0.05) is 146 Å². The SMILES string of the molecule is C1=Cc2c(sc3ccccc23)C(c2ccc(C3=CCC(N(c4ccc5c6ccccc6n(-c6ccccc6)c5c4)c4cccc5c4oc4ccccc45)C=C3)cc2)C1. The highest BCUT2D eigenvalue weighted by atomic mass is 32.1. The number of benzene rings is 7. The van der Waals surface area contributed by atoms with Gasteiger partial charge in [0.15, 0.2) is 5.58 Å². The molecule has 0 radical (unpaired) electrons. The predicted molar refractivity (Wildman–Crippen MR) is 246 cm³/mol. The molecule has 2 atom stereocenters. The third-order valence-corrected chi connectivity index (χ3v) is 13.6. The molecule has 0 spiro atoms. The average molecular weight is 763 g/mol. The molecule has 3 nitrogen and oxygen atoms in total. The predicted octanol–water partition coefficient (Wildman–Crippen LogP) is 15.0. The fourth-order valence-corrected chi connectivity index (χ4v) is 10.9. The van der Waals surface area contributed by atoms with E-state index in [2.05, 4.69) is 204 Å². The number of furan rings is 1. The zero-order valence-corrected chi connectivity index (χ0v) is 32.6. The summed E-state index contributed by atoms with van der Waals surface area (Å²) in [6.07, 6.45) is 13.7. The van der Waals surface area contributed by atoms with Gasteiger partial charge in [0.25, 0.3) is 0 Å². The molecule has 2 aliphatic carbocycles. The third kappa shape index (κ3) is 5.25. The molecule has 0 aliphatic heterocycles. The fraction of sp³-hybridized carbons (Fsp3) is 0.0741. The van der Waals surface area contributed by atoms with Gasteiger partial charge in [0.2, 0.25) is 0 Å². The Bertz CT molecular complexity index is 3300. The zero-order valence-electron chi connectivity index (χ0n) is 31.8. The first kappa shape index (κ1) is 33.3. The highest BCUT2D eigenvalue weighted by molar-refractivity contribution is 7.19. The molecule has 0 bridgehead atoms. The maximum Gasteiger partial charge on any atom is 0.159 e. The second kappa shape index (κ2) is 13.4. The van der Waals surface area contributed by atoms with Crippen LogP contribution in [0, 0.1) is 0 Å². The molecular formula is C54H38N2OS. The van der Waals surface area contributed by atoms with Crippen molar-refractivity contribution in [2.24, 2.45) is 0 Å². The van der Waals surface area contributed by atoms with Crippen molar-refractivity contribution in [3.8, 4) is 5.69 Å². The summed E-state index contributed by atoms with van der Waals surface area (Å²) in [6, 6.07) is 59.6. The summed E-state index contributed by atoms with van der Waals surface area (Å²) in [7, 11) is 0. The summed E-state index contributed by atoms with van der Waals surface area (Å²) in [5, 5.41) is 6.12. The van der Waals surface area contributed by atoms with E-state index in [1.807, 2.05) is 11.3 Å². The van der Waals surface area contributed by atoms with Crippen LogP contribution >= 0.6 is 11.3 Å². The van der Waals surface area contributed by atoms with Crippen LogP contribution in [0.2, 0.25) is 0 Å². The molecule has 7 aromatic carbocycles. The van der Waals surface area contributed by atoms with Crippen LogP contribution in [0.25, 0.3) is 71.2 Å². The van der Waals surface area contributed by atoms with E-state index in [-0.39, 0.29) is 6.04 Å². The maximum atomic E-state index is 6.71. The van der Waals surface area contributed by atoms with Gasteiger partial charge in [0.05, 0.1) is 22.8 Å². The summed E-state index contributed by atoms with van der Waals surface area (Å²) in [4.78, 5) is 3.97. The van der Waals surface area contributed by atoms with E-state index in [1.165, 1.54) is 59.0 Å². The lowest BCUT2D eigenvalue weighted by Gasteiger charge is -2.33. The van der Waals surface area contributed by atoms with E-state index >= 15 is 0 Å². The van der Waals surface area contributed by atoms with Gasteiger partial charge in [-0.15, -0.1) is 11.3 Å². The first-order valence-corrected chi connectivity index (χ1v) is 21.0. The first-order valence-electron chi connectivity index (χ1n) is 20.2. The van der Waals surface area contributed by atoms with Crippen LogP contribution in [-0.4, -0.2) is 10.6 Å². The maximum absolute atomic E-state index is 6.71. The molecular weight excluding hydrogens is 725 g/mol. The first-order chi connectivity index (χ1) is 28.8. The summed E-state index contributed by atoms with van der Waals surface area (Å²) in [5.41, 5.74) is 12.8. The van der Waals surface area contributed by atoms with Crippen LogP contribution in [0.3, 0.4) is 0 Å². The number of hydrogen-bond acceptors (Lipinski definition) is 3. The fourth-order valence-electron chi connectivity index (χ4n) is 9.55. The van der Waals surface area contributed by atoms with Crippen molar-refractivity contribution >= 4 is 88.2 Å². The normalized spacial score (nSPS) is 16.4. The molecule has 2 aliphatic rings. The van der Waals surface area contributed by atoms with Gasteiger partial charge in [-0.05, 0) is 89.0 Å². The quantitative estimate of drug-likeness (QED) is 0.168. The summed E-state index contributed by atoms with van der Waals surface area (Å²) in [6.45, 7) is 0. The second-order valence-corrected chi connectivity index (χ2v) is 16.6. The molecule has 4 heteroatoms. The van der Waals surface area contributed by atoms with Crippen molar-refractivity contribution in [3.05, 3.63) is 210 Å². The van der Waals surface area contributed by atoms with E-state index in [4.69, 9.17) is 4.42 Å². The number of hydrogen-bond donors (Lipinski definition) is 0. The lowest BCUT2D eigenvalue weighted by Crippen LogP contribution is -2.30. The van der Waals surface area contributed by atoms with Gasteiger partial charge in [-0.3, -0.25) is 0 Å². The number of nitrogens with zero attached hydrogens (tertiary/aromatic N) is 2. The van der Waals surface area contributed by atoms with E-state index in [9.17, 15) is 0 Å². The van der Waals surface area contributed by atoms with Gasteiger partial charge >= 0.3 is 0 Å². The lowest BCUT2D eigenvalue weighted by atomic mass is 9.86. The van der Waals surface area contributed by atoms with Crippen molar-refractivity contribution in [3.63, 3.8) is 0 Å². The average Bonchev–Trinajstić information content (AvgIpc) is 3.97. The molecule has 2 unspecified atom stereocenters. The Morgan fingerprint density at radius 2 is 1.36 bits per heavy atom. The van der Waals surface area contributed by atoms with Gasteiger partial charge in [-0.25, -0.2) is 0 Å². The van der Waals surface area contributed by atoms with Crippen molar-refractivity contribution in [2.45, 2.75) is 24.8 Å². The minimum absolute atomic E-state index is 0.0641. The molecule has 58 heavy (non-hydrogen) atoms. The molecule has 3 aromatic heterocycles. The standard InChI is InChI=1S/C54H38N2OS/c1-2-12-38(13-3-1)56-48-20-7-4-14-42(48)43-33-32-40(34-50(43)56)55(49-21-11-18-46-44-15-5-8-22-51(44)57-53(46)49)39-30-28-36(29-31-39)35-24-26-37(27-25-35)41-17-10-19-47-45-16-6-9-23-52(45)58-54(41)47/h1-16,18-30,32-34,39,41H,17,31H2. The van der Waals surface area contributed by atoms with Crippen LogP contribution < -0.4 is 4.90 Å². The Morgan fingerprint density at radius 1 is 0.603 bits per heavy atom. The van der Waals surface area contributed by atoms with Crippen molar-refractivity contribution in [1.29, 1.82) is 0 Å². The lowest BCUT2D eigenvalue weighted by molar-refractivity contribution is 0.664. The molecule has 12 rings (SSSR count). The minimum Gasteiger partial charge on any atom is -0.454 e. The molecule has 3 heterocycles. The summed E-state index contributed by atoms with van der Waals surface area (Å²) < 4.78 is 10.5. The van der Waals surface area contributed by atoms with Crippen LogP contribution in [0.15, 0.2) is 193 Å². The van der Waals surface area contributed by atoms with Gasteiger partial charge < -0.3 is 13.9 Å². The molecule has 276 valence electrons. The molecule has 0 saturated heterocycles. The number of thiophene rings is 1. The van der Waals surface area contributed by atoms with Crippen molar-refractivity contribution in [1.82, 2.24) is 4.57 Å². The van der Waals surface area contributed by atoms with Crippen LogP contribution in [0.5, 0.6) is 0 Å². The minimum atomic E-state index is 0.0641. The summed E-state index contributed by atoms with van der Waals surface area (Å²) in [5.74, 6) is 0.388. The largest absolute Gasteiger partial charge is 0.454 e. The summed E-state index contributed by atoms with van der Waals surface area (Å²) >= 11 is 1.95. The molecule has 0 N–H and O–H groups in total. The smallest absolute Gasteiger partial charge is 0.159 e. The monoisotopic (exact) mass is 762 g/mol. The number of para-hydroxylation sites is 4. The Hall–Kier alpha value is -6.88. The van der Waals surface area contributed by atoms with Gasteiger partial charge in [0, 0.05) is 48.4 Å². The zero-order chi connectivity index (χ0) is 38.2. The highest BCUT2D eigenvalue weighted by Gasteiger charge is 2.27. The Morgan fingerprint density at radius 3 is 2.22 bits per heavy atom. The van der Waals surface area contributed by atoms with Crippen LogP contribution in [0.1, 0.15) is 40.3 Å². The number of fused-ring (bicyclic) bond motifs is 9. The number of allylic oxidation sites excluding steroid dienone is 3. The van der Waals surface area contributed by atoms with E-state index < -0.39 is 0 Å². The second-order valence-electron chi connectivity index (χ2n) is 15.5. The van der Waals surface area contributed by atoms with Crippen molar-refractivity contribution < 1.29 is 4.42 Å². The molecule has 0 saturated carbocycles. The number of anilines is 2.